The summed E-state index contributed by atoms with van der Waals surface area (Å²) in [5, 5.41) is 3.22. The molecule has 0 aliphatic heterocycles. The maximum Gasteiger partial charge on any atom is 0.220 e. The zero-order valence-corrected chi connectivity index (χ0v) is 15.9. The van der Waals surface area contributed by atoms with Crippen LogP contribution >= 0.6 is 0 Å². The van der Waals surface area contributed by atoms with Gasteiger partial charge in [-0.3, -0.25) is 4.79 Å². The first-order valence-electron chi connectivity index (χ1n) is 9.17. The quantitative estimate of drug-likeness (QED) is 0.638. The van der Waals surface area contributed by atoms with Crippen LogP contribution in [0.15, 0.2) is 24.3 Å². The Kier molecular flexibility index (Phi) is 8.36. The summed E-state index contributed by atoms with van der Waals surface area (Å²) >= 11 is 0. The highest BCUT2D eigenvalue weighted by molar-refractivity contribution is 5.76. The fraction of sp³-hybridized carbons (Fsp3) is 0.667. The molecule has 1 rings (SSSR count). The molecule has 1 atom stereocenters. The molecule has 1 aromatic carbocycles. The van der Waals surface area contributed by atoms with Crippen LogP contribution in [0.1, 0.15) is 78.0 Å². The fourth-order valence-electron chi connectivity index (χ4n) is 2.65. The number of aryl methyl sites for hydroxylation is 1. The van der Waals surface area contributed by atoms with Crippen LogP contribution < -0.4 is 5.32 Å². The first-order chi connectivity index (χ1) is 10.8. The Morgan fingerprint density at radius 3 is 1.96 bits per heavy atom. The zero-order valence-electron chi connectivity index (χ0n) is 15.9. The van der Waals surface area contributed by atoms with Gasteiger partial charge in [-0.1, -0.05) is 65.8 Å². The van der Waals surface area contributed by atoms with Crippen molar-refractivity contribution in [3.63, 3.8) is 0 Å². The van der Waals surface area contributed by atoms with Crippen molar-refractivity contribution in [2.24, 2.45) is 17.8 Å². The molecule has 23 heavy (non-hydrogen) atoms. The topological polar surface area (TPSA) is 29.1 Å². The lowest BCUT2D eigenvalue weighted by molar-refractivity contribution is -0.122. The van der Waals surface area contributed by atoms with E-state index in [1.54, 1.807) is 0 Å². The molecule has 0 fully saturated rings. The van der Waals surface area contributed by atoms with Gasteiger partial charge in [-0.25, -0.2) is 0 Å². The summed E-state index contributed by atoms with van der Waals surface area (Å²) in [7, 11) is 0. The highest BCUT2D eigenvalue weighted by atomic mass is 16.1. The van der Waals surface area contributed by atoms with Crippen molar-refractivity contribution in [2.75, 3.05) is 0 Å². The summed E-state index contributed by atoms with van der Waals surface area (Å²) in [5.74, 6) is 1.86. The van der Waals surface area contributed by atoms with Crippen LogP contribution in [0.4, 0.5) is 0 Å². The van der Waals surface area contributed by atoms with Gasteiger partial charge in [0.1, 0.15) is 0 Å². The van der Waals surface area contributed by atoms with Gasteiger partial charge in [0.05, 0.1) is 6.04 Å². The van der Waals surface area contributed by atoms with Gasteiger partial charge < -0.3 is 5.32 Å². The lowest BCUT2D eigenvalue weighted by Gasteiger charge is -2.23. The molecule has 0 radical (unpaired) electrons. The number of hydrogen-bond acceptors (Lipinski definition) is 1. The summed E-state index contributed by atoms with van der Waals surface area (Å²) in [5.41, 5.74) is 2.60. The van der Waals surface area contributed by atoms with Crippen LogP contribution in [0.25, 0.3) is 0 Å². The van der Waals surface area contributed by atoms with E-state index < -0.39 is 0 Å². The lowest BCUT2D eigenvalue weighted by atomic mass is 9.93. The number of hydrogen-bond donors (Lipinski definition) is 1. The molecule has 2 heteroatoms. The van der Waals surface area contributed by atoms with Crippen LogP contribution in [0.3, 0.4) is 0 Å². The highest BCUT2D eigenvalue weighted by Gasteiger charge is 2.18. The Labute approximate surface area is 143 Å². The maximum atomic E-state index is 12.2. The Morgan fingerprint density at radius 1 is 0.913 bits per heavy atom. The monoisotopic (exact) mass is 317 g/mol. The van der Waals surface area contributed by atoms with Crippen molar-refractivity contribution in [2.45, 2.75) is 73.3 Å². The molecule has 1 N–H and O–H groups in total. The highest BCUT2D eigenvalue weighted by Crippen LogP contribution is 2.23. The normalized spacial score (nSPS) is 12.9. The molecule has 2 nitrogen and oxygen atoms in total. The predicted molar refractivity (Wildman–Crippen MR) is 99.4 cm³/mol. The summed E-state index contributed by atoms with van der Waals surface area (Å²) in [6, 6.07) is 8.90. The van der Waals surface area contributed by atoms with Crippen molar-refractivity contribution in [1.82, 2.24) is 5.32 Å². The number of carbonyl (C=O) groups is 1. The van der Waals surface area contributed by atoms with Crippen molar-refractivity contribution in [1.29, 1.82) is 0 Å². The van der Waals surface area contributed by atoms with Gasteiger partial charge in [0.15, 0.2) is 0 Å². The average molecular weight is 318 g/mol. The summed E-state index contributed by atoms with van der Waals surface area (Å²) < 4.78 is 0. The molecule has 0 aromatic heterocycles. The second-order valence-electron chi connectivity index (χ2n) is 7.90. The largest absolute Gasteiger partial charge is 0.349 e. The molecule has 1 aromatic rings. The van der Waals surface area contributed by atoms with E-state index in [2.05, 4.69) is 71.1 Å². The van der Waals surface area contributed by atoms with Crippen molar-refractivity contribution >= 4 is 5.91 Å². The Hall–Kier alpha value is -1.31. The Bertz CT molecular complexity index is 459. The Balaban J connectivity index is 2.68. The maximum absolute atomic E-state index is 12.2. The van der Waals surface area contributed by atoms with E-state index in [-0.39, 0.29) is 11.9 Å². The number of amides is 1. The second-order valence-corrected chi connectivity index (χ2v) is 7.90. The molecule has 0 saturated heterocycles. The van der Waals surface area contributed by atoms with E-state index in [0.717, 1.165) is 18.8 Å². The fourth-order valence-corrected chi connectivity index (χ4v) is 2.65. The summed E-state index contributed by atoms with van der Waals surface area (Å²) in [6.07, 6.45) is 3.92. The molecular formula is C21H35NO. The number of carbonyl (C=O) groups excluding carboxylic acids is 1. The predicted octanol–water partition coefficient (Wildman–Crippen LogP) is 5.52. The van der Waals surface area contributed by atoms with Crippen molar-refractivity contribution in [3.8, 4) is 0 Å². The van der Waals surface area contributed by atoms with Crippen LogP contribution in [0.5, 0.6) is 0 Å². The minimum Gasteiger partial charge on any atom is -0.349 e. The molecule has 130 valence electrons. The van der Waals surface area contributed by atoms with Crippen LogP contribution in [0.2, 0.25) is 0 Å². The minimum atomic E-state index is 0.105. The van der Waals surface area contributed by atoms with Gasteiger partial charge in [-0.15, -0.1) is 0 Å². The number of rotatable bonds is 9. The molecule has 0 spiro atoms. The third-order valence-electron chi connectivity index (χ3n) is 4.28. The van der Waals surface area contributed by atoms with Crippen molar-refractivity contribution < 1.29 is 4.79 Å². The first kappa shape index (κ1) is 19.7. The standard InChI is InChI=1S/C21H35NO/c1-15(2)7-9-18-10-12-19(13-11-18)21(17(5)6)22-20(23)14-8-16(3)4/h10-13,15-17,21H,7-9,14H2,1-6H3,(H,22,23). The third-order valence-corrected chi connectivity index (χ3v) is 4.28. The molecule has 0 aliphatic carbocycles. The molecular weight excluding hydrogens is 282 g/mol. The zero-order chi connectivity index (χ0) is 17.4. The summed E-state index contributed by atoms with van der Waals surface area (Å²) in [6.45, 7) is 13.2. The molecule has 1 amide bonds. The third kappa shape index (κ3) is 7.67. The van der Waals surface area contributed by atoms with Gasteiger partial charge in [-0.2, -0.15) is 0 Å². The molecule has 0 heterocycles. The van der Waals surface area contributed by atoms with E-state index in [1.807, 2.05) is 0 Å². The smallest absolute Gasteiger partial charge is 0.220 e. The summed E-state index contributed by atoms with van der Waals surface area (Å²) in [4.78, 5) is 12.2. The number of benzene rings is 1. The van der Waals surface area contributed by atoms with E-state index in [4.69, 9.17) is 0 Å². The van der Waals surface area contributed by atoms with Crippen LogP contribution in [-0.2, 0) is 11.2 Å². The van der Waals surface area contributed by atoms with Gasteiger partial charge >= 0.3 is 0 Å². The second kappa shape index (κ2) is 9.75. The Morgan fingerprint density at radius 2 is 1.48 bits per heavy atom. The van der Waals surface area contributed by atoms with E-state index in [9.17, 15) is 4.79 Å². The van der Waals surface area contributed by atoms with Crippen molar-refractivity contribution in [3.05, 3.63) is 35.4 Å². The van der Waals surface area contributed by atoms with E-state index in [1.165, 1.54) is 17.5 Å². The van der Waals surface area contributed by atoms with Gasteiger partial charge in [-0.05, 0) is 48.1 Å². The molecule has 0 bridgehead atoms. The molecule has 1 unspecified atom stereocenters. The van der Waals surface area contributed by atoms with Gasteiger partial charge in [0, 0.05) is 6.42 Å². The van der Waals surface area contributed by atoms with Crippen LogP contribution in [0, 0.1) is 17.8 Å². The lowest BCUT2D eigenvalue weighted by Crippen LogP contribution is -2.31. The van der Waals surface area contributed by atoms with Gasteiger partial charge in [0.2, 0.25) is 5.91 Å². The first-order valence-corrected chi connectivity index (χ1v) is 9.17. The minimum absolute atomic E-state index is 0.105. The van der Waals surface area contributed by atoms with Gasteiger partial charge in [0.25, 0.3) is 0 Å². The number of nitrogens with one attached hydrogen (secondary N) is 1. The van der Waals surface area contributed by atoms with Crippen LogP contribution in [-0.4, -0.2) is 5.91 Å². The SMILES string of the molecule is CC(C)CCC(=O)NC(c1ccc(CCC(C)C)cc1)C(C)C. The van der Waals surface area contributed by atoms with E-state index >= 15 is 0 Å². The van der Waals surface area contributed by atoms with E-state index in [0.29, 0.717) is 18.3 Å². The molecule has 0 saturated carbocycles. The average Bonchev–Trinajstić information content (AvgIpc) is 2.49. The molecule has 0 aliphatic rings.